The van der Waals surface area contributed by atoms with Crippen LogP contribution < -0.4 is 5.73 Å². The molecule has 0 bridgehead atoms. The smallest absolute Gasteiger partial charge is 0.317 e. The minimum absolute atomic E-state index is 0.0628. The molecule has 0 radical (unpaired) electrons. The maximum absolute atomic E-state index is 9.90. The van der Waals surface area contributed by atoms with E-state index in [4.69, 9.17) is 15.3 Å². The summed E-state index contributed by atoms with van der Waals surface area (Å²) in [7, 11) is 0. The molecule has 0 aromatic heterocycles. The molecule has 0 aromatic carbocycles. The van der Waals surface area contributed by atoms with Crippen molar-refractivity contribution in [3.05, 3.63) is 26.3 Å². The number of carboxylic acid groups (broad SMARTS) is 3. The predicted octanol–water partition coefficient (Wildman–Crippen LogP) is 1.35. The number of carboxylic acids is 3. The number of carbonyl (C=O) groups is 3. The van der Waals surface area contributed by atoms with Gasteiger partial charge >= 0.3 is 17.9 Å². The number of rotatable bonds is 6. The summed E-state index contributed by atoms with van der Waals surface area (Å²) in [5.41, 5.74) is 4.57. The fraction of sp³-hybridized carbons (Fsp3) is 0.417. The van der Waals surface area contributed by atoms with Crippen LogP contribution in [-0.2, 0) is 14.4 Å². The molecule has 0 heterocycles. The second kappa shape index (κ2) is 24.9. The number of aliphatic carboxylic acids is 3. The molecule has 0 aromatic rings. The summed E-state index contributed by atoms with van der Waals surface area (Å²) in [6.45, 7) is 11.7. The lowest BCUT2D eigenvalue weighted by atomic mass is 10.2. The minimum Gasteiger partial charge on any atom is -0.481 e. The molecule has 0 rings (SSSR count). The summed E-state index contributed by atoms with van der Waals surface area (Å²) in [6.07, 6.45) is 1.02. The molecule has 19 heavy (non-hydrogen) atoms. The SMILES string of the molecule is C=C.C=C.NCC(=O)O.O=C(O)CCCCC(=O)O. The highest BCUT2D eigenvalue weighted by Gasteiger charge is 1.99. The van der Waals surface area contributed by atoms with Crippen molar-refractivity contribution in [1.29, 1.82) is 0 Å². The van der Waals surface area contributed by atoms with E-state index < -0.39 is 17.9 Å². The normalized spacial score (nSPS) is 7.21. The quantitative estimate of drug-likeness (QED) is 0.424. The molecule has 0 aliphatic rings. The molecule has 0 aliphatic heterocycles. The molecular formula is C12H23NO6. The fourth-order valence-electron chi connectivity index (χ4n) is 0.552. The fourth-order valence-corrected chi connectivity index (χ4v) is 0.552. The first-order chi connectivity index (χ1) is 8.90. The van der Waals surface area contributed by atoms with Crippen molar-refractivity contribution in [3.8, 4) is 0 Å². The average molecular weight is 277 g/mol. The van der Waals surface area contributed by atoms with E-state index in [0.29, 0.717) is 12.8 Å². The second-order valence-electron chi connectivity index (χ2n) is 2.59. The maximum atomic E-state index is 9.90. The highest BCUT2D eigenvalue weighted by molar-refractivity contribution is 5.68. The van der Waals surface area contributed by atoms with E-state index in [-0.39, 0.29) is 19.4 Å². The van der Waals surface area contributed by atoms with Crippen LogP contribution in [0.15, 0.2) is 26.3 Å². The molecule has 0 aliphatic carbocycles. The lowest BCUT2D eigenvalue weighted by molar-refractivity contribution is -0.139. The standard InChI is InChI=1S/C6H10O4.C2H5NO2.2C2H4/c7-5(8)3-1-2-4-6(9)10;3-1-2(4)5;2*1-2/h1-4H2,(H,7,8)(H,9,10);1,3H2,(H,4,5);2*1-2H2. The van der Waals surface area contributed by atoms with Gasteiger partial charge in [0.2, 0.25) is 0 Å². The second-order valence-corrected chi connectivity index (χ2v) is 2.59. The first-order valence-corrected chi connectivity index (χ1v) is 5.25. The first-order valence-electron chi connectivity index (χ1n) is 5.25. The molecule has 0 fully saturated rings. The molecule has 0 atom stereocenters. The lowest BCUT2D eigenvalue weighted by Gasteiger charge is -1.92. The lowest BCUT2D eigenvalue weighted by Crippen LogP contribution is -2.10. The van der Waals surface area contributed by atoms with Crippen molar-refractivity contribution in [2.75, 3.05) is 6.54 Å². The molecule has 5 N–H and O–H groups in total. The highest BCUT2D eigenvalue weighted by atomic mass is 16.4. The molecule has 0 amide bonds. The molecule has 0 spiro atoms. The minimum atomic E-state index is -0.968. The molecule has 0 saturated heterocycles. The van der Waals surface area contributed by atoms with Crippen LogP contribution in [-0.4, -0.2) is 39.8 Å². The average Bonchev–Trinajstić information content (AvgIpc) is 2.39. The zero-order valence-electron chi connectivity index (χ0n) is 11.0. The molecule has 112 valence electrons. The van der Waals surface area contributed by atoms with Crippen LogP contribution in [0.1, 0.15) is 25.7 Å². The Morgan fingerprint density at radius 2 is 0.947 bits per heavy atom. The van der Waals surface area contributed by atoms with Crippen LogP contribution in [0.25, 0.3) is 0 Å². The molecule has 7 heteroatoms. The summed E-state index contributed by atoms with van der Waals surface area (Å²) in [4.78, 5) is 29.0. The Morgan fingerprint density at radius 3 is 1.05 bits per heavy atom. The van der Waals surface area contributed by atoms with Gasteiger partial charge in [-0.15, -0.1) is 26.3 Å². The van der Waals surface area contributed by atoms with Crippen LogP contribution in [0.3, 0.4) is 0 Å². The zero-order valence-corrected chi connectivity index (χ0v) is 11.0. The largest absolute Gasteiger partial charge is 0.481 e. The summed E-state index contributed by atoms with van der Waals surface area (Å²) in [5.74, 6) is -2.71. The van der Waals surface area contributed by atoms with E-state index in [9.17, 15) is 14.4 Å². The van der Waals surface area contributed by atoms with Gasteiger partial charge < -0.3 is 21.1 Å². The Bertz CT molecular complexity index is 224. The third-order valence-electron chi connectivity index (χ3n) is 1.21. The van der Waals surface area contributed by atoms with E-state index in [1.165, 1.54) is 0 Å². The van der Waals surface area contributed by atoms with Crippen LogP contribution in [0.5, 0.6) is 0 Å². The van der Waals surface area contributed by atoms with Gasteiger partial charge in [-0.2, -0.15) is 0 Å². The Labute approximate surface area is 113 Å². The van der Waals surface area contributed by atoms with Gasteiger partial charge in [-0.3, -0.25) is 14.4 Å². The number of unbranched alkanes of at least 4 members (excludes halogenated alkanes) is 1. The molecular weight excluding hydrogens is 254 g/mol. The number of hydrogen-bond acceptors (Lipinski definition) is 4. The van der Waals surface area contributed by atoms with Gasteiger partial charge in [0.05, 0.1) is 6.54 Å². The van der Waals surface area contributed by atoms with Gasteiger partial charge in [-0.1, -0.05) is 0 Å². The monoisotopic (exact) mass is 277 g/mol. The predicted molar refractivity (Wildman–Crippen MR) is 72.9 cm³/mol. The van der Waals surface area contributed by atoms with Gasteiger partial charge in [-0.25, -0.2) is 0 Å². The highest BCUT2D eigenvalue weighted by Crippen LogP contribution is 1.98. The first kappa shape index (κ1) is 25.6. The van der Waals surface area contributed by atoms with Crippen molar-refractivity contribution in [1.82, 2.24) is 0 Å². The van der Waals surface area contributed by atoms with E-state index in [1.54, 1.807) is 0 Å². The van der Waals surface area contributed by atoms with Crippen LogP contribution >= 0.6 is 0 Å². The van der Waals surface area contributed by atoms with Crippen molar-refractivity contribution in [3.63, 3.8) is 0 Å². The third kappa shape index (κ3) is 64.8. The number of hydrogen-bond donors (Lipinski definition) is 4. The zero-order chi connectivity index (χ0) is 16.3. The Hall–Kier alpha value is -2.15. The Balaban J connectivity index is -0.000000105. The molecule has 7 nitrogen and oxygen atoms in total. The van der Waals surface area contributed by atoms with Crippen molar-refractivity contribution >= 4 is 17.9 Å². The van der Waals surface area contributed by atoms with Crippen molar-refractivity contribution in [2.24, 2.45) is 5.73 Å². The Morgan fingerprint density at radius 1 is 0.737 bits per heavy atom. The van der Waals surface area contributed by atoms with Gasteiger partial charge in [0.15, 0.2) is 0 Å². The van der Waals surface area contributed by atoms with Gasteiger partial charge in [-0.05, 0) is 12.8 Å². The topological polar surface area (TPSA) is 138 Å². The summed E-state index contributed by atoms with van der Waals surface area (Å²) < 4.78 is 0. The van der Waals surface area contributed by atoms with Crippen LogP contribution in [0.2, 0.25) is 0 Å². The Kier molecular flexibility index (Phi) is 33.6. The van der Waals surface area contributed by atoms with E-state index in [2.05, 4.69) is 32.0 Å². The molecule has 0 saturated carbocycles. The molecule has 0 unspecified atom stereocenters. The van der Waals surface area contributed by atoms with Gasteiger partial charge in [0, 0.05) is 12.8 Å². The van der Waals surface area contributed by atoms with Crippen molar-refractivity contribution in [2.45, 2.75) is 25.7 Å². The van der Waals surface area contributed by atoms with E-state index >= 15 is 0 Å². The van der Waals surface area contributed by atoms with E-state index in [0.717, 1.165) is 0 Å². The van der Waals surface area contributed by atoms with Crippen molar-refractivity contribution < 1.29 is 29.7 Å². The van der Waals surface area contributed by atoms with Crippen LogP contribution in [0, 0.1) is 0 Å². The summed E-state index contributed by atoms with van der Waals surface area (Å²) in [5, 5.41) is 23.9. The van der Waals surface area contributed by atoms with E-state index in [1.807, 2.05) is 0 Å². The van der Waals surface area contributed by atoms with Gasteiger partial charge in [0.25, 0.3) is 0 Å². The third-order valence-corrected chi connectivity index (χ3v) is 1.21. The van der Waals surface area contributed by atoms with Crippen LogP contribution in [0.4, 0.5) is 0 Å². The number of nitrogens with two attached hydrogens (primary N) is 1. The van der Waals surface area contributed by atoms with Gasteiger partial charge in [0.1, 0.15) is 0 Å². The summed E-state index contributed by atoms with van der Waals surface area (Å²) >= 11 is 0. The maximum Gasteiger partial charge on any atom is 0.317 e. The summed E-state index contributed by atoms with van der Waals surface area (Å²) in [6, 6.07) is 0.